The van der Waals surface area contributed by atoms with Gasteiger partial charge in [0.2, 0.25) is 0 Å². The van der Waals surface area contributed by atoms with Crippen molar-refractivity contribution in [3.63, 3.8) is 0 Å². The number of hydrogen-bond donors (Lipinski definition) is 1. The summed E-state index contributed by atoms with van der Waals surface area (Å²) in [5.41, 5.74) is 0.515. The molecule has 0 fully saturated rings. The first-order valence-corrected chi connectivity index (χ1v) is 6.75. The number of carbonyl (C=O) groups excluding carboxylic acids is 1. The Balaban J connectivity index is 2.08. The third-order valence-corrected chi connectivity index (χ3v) is 3.10. The summed E-state index contributed by atoms with van der Waals surface area (Å²) in [5.74, 6) is -1.96. The van der Waals surface area contributed by atoms with E-state index >= 15 is 0 Å². The van der Waals surface area contributed by atoms with Crippen LogP contribution in [0.1, 0.15) is 12.5 Å². The van der Waals surface area contributed by atoms with Gasteiger partial charge in [-0.05, 0) is 36.8 Å². The summed E-state index contributed by atoms with van der Waals surface area (Å²) >= 11 is 0. The lowest BCUT2D eigenvalue weighted by atomic mass is 10.2. The average molecular weight is 308 g/mol. The summed E-state index contributed by atoms with van der Waals surface area (Å²) in [6.45, 7) is 2.29. The Morgan fingerprint density at radius 3 is 2.45 bits per heavy atom. The number of anilines is 1. The summed E-state index contributed by atoms with van der Waals surface area (Å²) in [5, 5.41) is 2.37. The van der Waals surface area contributed by atoms with Gasteiger partial charge in [0.1, 0.15) is 17.5 Å². The standard InChI is InChI=1S/C16H15F3N2O/c1-2-21(10-11-4-3-5-12(17)8-11)16(22)20-15-7-6-13(18)9-14(15)19/h3-9H,2,10H2,1H3,(H,20,22). The molecule has 22 heavy (non-hydrogen) atoms. The molecule has 0 atom stereocenters. The fourth-order valence-corrected chi connectivity index (χ4v) is 1.97. The molecule has 0 bridgehead atoms. The van der Waals surface area contributed by atoms with Crippen molar-refractivity contribution >= 4 is 11.7 Å². The van der Waals surface area contributed by atoms with Gasteiger partial charge in [0.05, 0.1) is 5.69 Å². The lowest BCUT2D eigenvalue weighted by molar-refractivity contribution is 0.212. The molecule has 0 radical (unpaired) electrons. The number of nitrogens with one attached hydrogen (secondary N) is 1. The first-order chi connectivity index (χ1) is 10.5. The number of carbonyl (C=O) groups is 1. The summed E-state index contributed by atoms with van der Waals surface area (Å²) in [4.78, 5) is 13.5. The van der Waals surface area contributed by atoms with Gasteiger partial charge in [-0.1, -0.05) is 12.1 Å². The van der Waals surface area contributed by atoms with E-state index in [0.29, 0.717) is 18.2 Å². The number of urea groups is 1. The SMILES string of the molecule is CCN(Cc1cccc(F)c1)C(=O)Nc1ccc(F)cc1F. The van der Waals surface area contributed by atoms with Crippen molar-refractivity contribution in [2.45, 2.75) is 13.5 Å². The van der Waals surface area contributed by atoms with Crippen LogP contribution in [0.3, 0.4) is 0 Å². The van der Waals surface area contributed by atoms with E-state index in [1.807, 2.05) is 0 Å². The highest BCUT2D eigenvalue weighted by molar-refractivity contribution is 5.89. The van der Waals surface area contributed by atoms with Crippen LogP contribution in [0.5, 0.6) is 0 Å². The van der Waals surface area contributed by atoms with Crippen molar-refractivity contribution in [3.8, 4) is 0 Å². The second-order valence-corrected chi connectivity index (χ2v) is 4.70. The van der Waals surface area contributed by atoms with Gasteiger partial charge in [-0.25, -0.2) is 18.0 Å². The van der Waals surface area contributed by atoms with Gasteiger partial charge in [0.25, 0.3) is 0 Å². The van der Waals surface area contributed by atoms with Gasteiger partial charge in [-0.3, -0.25) is 0 Å². The lowest BCUT2D eigenvalue weighted by Gasteiger charge is -2.21. The Kier molecular flexibility index (Phi) is 5.04. The van der Waals surface area contributed by atoms with Gasteiger partial charge in [-0.2, -0.15) is 0 Å². The summed E-state index contributed by atoms with van der Waals surface area (Å²) in [7, 11) is 0. The Morgan fingerprint density at radius 2 is 1.82 bits per heavy atom. The molecule has 0 aromatic heterocycles. The van der Waals surface area contributed by atoms with Crippen LogP contribution in [-0.4, -0.2) is 17.5 Å². The summed E-state index contributed by atoms with van der Waals surface area (Å²) < 4.78 is 39.5. The highest BCUT2D eigenvalue weighted by Crippen LogP contribution is 2.16. The van der Waals surface area contributed by atoms with Crippen LogP contribution in [0.4, 0.5) is 23.7 Å². The molecule has 116 valence electrons. The van der Waals surface area contributed by atoms with Gasteiger partial charge < -0.3 is 10.2 Å². The molecule has 0 aliphatic heterocycles. The maximum absolute atomic E-state index is 13.5. The van der Waals surface area contributed by atoms with Gasteiger partial charge in [-0.15, -0.1) is 0 Å². The monoisotopic (exact) mass is 308 g/mol. The van der Waals surface area contributed by atoms with E-state index < -0.39 is 23.5 Å². The largest absolute Gasteiger partial charge is 0.322 e. The zero-order valence-electron chi connectivity index (χ0n) is 11.9. The molecule has 3 nitrogen and oxygen atoms in total. The van der Waals surface area contributed by atoms with Crippen molar-refractivity contribution < 1.29 is 18.0 Å². The van der Waals surface area contributed by atoms with Crippen LogP contribution < -0.4 is 5.32 Å². The minimum absolute atomic E-state index is 0.107. The molecule has 6 heteroatoms. The van der Waals surface area contributed by atoms with Crippen molar-refractivity contribution in [1.29, 1.82) is 0 Å². The number of rotatable bonds is 4. The number of halogens is 3. The van der Waals surface area contributed by atoms with Crippen LogP contribution in [-0.2, 0) is 6.54 Å². The average Bonchev–Trinajstić information content (AvgIpc) is 2.47. The number of nitrogens with zero attached hydrogens (tertiary/aromatic N) is 1. The van der Waals surface area contributed by atoms with E-state index in [2.05, 4.69) is 5.32 Å². The van der Waals surface area contributed by atoms with E-state index in [9.17, 15) is 18.0 Å². The second kappa shape index (κ2) is 6.98. The predicted octanol–water partition coefficient (Wildman–Crippen LogP) is 4.16. The zero-order valence-corrected chi connectivity index (χ0v) is 11.9. The predicted molar refractivity (Wildman–Crippen MR) is 77.9 cm³/mol. The third-order valence-electron chi connectivity index (χ3n) is 3.10. The number of hydrogen-bond acceptors (Lipinski definition) is 1. The van der Waals surface area contributed by atoms with E-state index in [-0.39, 0.29) is 12.2 Å². The van der Waals surface area contributed by atoms with Crippen molar-refractivity contribution in [3.05, 3.63) is 65.5 Å². The van der Waals surface area contributed by atoms with Crippen LogP contribution in [0.25, 0.3) is 0 Å². The fraction of sp³-hybridized carbons (Fsp3) is 0.188. The lowest BCUT2D eigenvalue weighted by Crippen LogP contribution is -2.34. The normalized spacial score (nSPS) is 10.4. The van der Waals surface area contributed by atoms with Crippen molar-refractivity contribution in [1.82, 2.24) is 4.90 Å². The third kappa shape index (κ3) is 4.00. The molecule has 2 amide bonds. The van der Waals surface area contributed by atoms with Crippen molar-refractivity contribution in [2.24, 2.45) is 0 Å². The molecule has 0 aliphatic carbocycles. The molecule has 0 unspecified atom stereocenters. The molecule has 2 aromatic rings. The first-order valence-electron chi connectivity index (χ1n) is 6.75. The topological polar surface area (TPSA) is 32.3 Å². The highest BCUT2D eigenvalue weighted by atomic mass is 19.1. The first kappa shape index (κ1) is 15.9. The van der Waals surface area contributed by atoms with Gasteiger partial charge in [0, 0.05) is 19.2 Å². The Labute approximate surface area is 126 Å². The second-order valence-electron chi connectivity index (χ2n) is 4.70. The van der Waals surface area contributed by atoms with Crippen LogP contribution in [0.15, 0.2) is 42.5 Å². The van der Waals surface area contributed by atoms with Crippen LogP contribution in [0.2, 0.25) is 0 Å². The zero-order chi connectivity index (χ0) is 16.1. The molecule has 0 saturated carbocycles. The Morgan fingerprint density at radius 1 is 1.09 bits per heavy atom. The van der Waals surface area contributed by atoms with E-state index in [1.165, 1.54) is 17.0 Å². The molecule has 0 aliphatic rings. The molecule has 0 heterocycles. The van der Waals surface area contributed by atoms with Crippen molar-refractivity contribution in [2.75, 3.05) is 11.9 Å². The molecule has 1 N–H and O–H groups in total. The molecule has 0 spiro atoms. The van der Waals surface area contributed by atoms with E-state index in [0.717, 1.165) is 12.1 Å². The molecule has 2 rings (SSSR count). The smallest absolute Gasteiger partial charge is 0.320 e. The fourth-order valence-electron chi connectivity index (χ4n) is 1.97. The van der Waals surface area contributed by atoms with E-state index in [1.54, 1.807) is 19.1 Å². The van der Waals surface area contributed by atoms with Gasteiger partial charge in [0.15, 0.2) is 0 Å². The number of amides is 2. The van der Waals surface area contributed by atoms with E-state index in [4.69, 9.17) is 0 Å². The highest BCUT2D eigenvalue weighted by Gasteiger charge is 2.14. The van der Waals surface area contributed by atoms with Gasteiger partial charge >= 0.3 is 6.03 Å². The quantitative estimate of drug-likeness (QED) is 0.904. The minimum Gasteiger partial charge on any atom is -0.320 e. The van der Waals surface area contributed by atoms with Crippen LogP contribution >= 0.6 is 0 Å². The molecular weight excluding hydrogens is 293 g/mol. The van der Waals surface area contributed by atoms with Crippen LogP contribution in [0, 0.1) is 17.5 Å². The maximum Gasteiger partial charge on any atom is 0.322 e. The summed E-state index contributed by atoms with van der Waals surface area (Å²) in [6.07, 6.45) is 0. The summed E-state index contributed by atoms with van der Waals surface area (Å²) in [6, 6.07) is 8.24. The minimum atomic E-state index is -0.852. The maximum atomic E-state index is 13.5. The molecule has 2 aromatic carbocycles. The molecule has 0 saturated heterocycles. The number of benzene rings is 2. The Hall–Kier alpha value is -2.50. The Bertz CT molecular complexity index is 676. The molecular formula is C16H15F3N2O.